The van der Waals surface area contributed by atoms with Crippen LogP contribution in [0.2, 0.25) is 0 Å². The average Bonchev–Trinajstić information content (AvgIpc) is 2.36. The molecular formula is C13H22N2O2. The van der Waals surface area contributed by atoms with E-state index in [4.69, 9.17) is 16.6 Å². The van der Waals surface area contributed by atoms with Crippen LogP contribution in [0.4, 0.5) is 0 Å². The average molecular weight is 238 g/mol. The molecule has 0 aliphatic carbocycles. The summed E-state index contributed by atoms with van der Waals surface area (Å²) in [6.45, 7) is 3.13. The quantitative estimate of drug-likeness (QED) is 0.593. The van der Waals surface area contributed by atoms with E-state index in [1.54, 1.807) is 6.07 Å². The molecule has 0 spiro atoms. The number of benzene rings is 1. The Balaban J connectivity index is 2.78. The van der Waals surface area contributed by atoms with Crippen molar-refractivity contribution in [2.75, 3.05) is 13.1 Å². The summed E-state index contributed by atoms with van der Waals surface area (Å²) in [5, 5.41) is 18.6. The highest BCUT2D eigenvalue weighted by Gasteiger charge is 2.13. The molecule has 0 saturated heterocycles. The topological polar surface area (TPSA) is 92.5 Å². The first kappa shape index (κ1) is 14.0. The lowest BCUT2D eigenvalue weighted by atomic mass is 9.89. The zero-order valence-corrected chi connectivity index (χ0v) is 10.3. The van der Waals surface area contributed by atoms with Crippen LogP contribution in [0, 0.1) is 5.92 Å². The third-order valence-corrected chi connectivity index (χ3v) is 3.20. The van der Waals surface area contributed by atoms with E-state index >= 15 is 0 Å². The molecule has 0 heterocycles. The molecule has 4 heteroatoms. The zero-order valence-electron chi connectivity index (χ0n) is 10.3. The standard InChI is InChI=1S/C13H22N2O2/c1-9(4-10(6-14)7-15)11-2-3-13(17)12(5-11)8-16/h2-3,5,9-10,16-17H,4,6-8,14-15H2,1H3. The largest absolute Gasteiger partial charge is 0.508 e. The van der Waals surface area contributed by atoms with Gasteiger partial charge < -0.3 is 21.7 Å². The van der Waals surface area contributed by atoms with Gasteiger partial charge in [0.05, 0.1) is 6.61 Å². The van der Waals surface area contributed by atoms with Crippen molar-refractivity contribution in [1.29, 1.82) is 0 Å². The number of aliphatic hydroxyl groups is 1. The van der Waals surface area contributed by atoms with Gasteiger partial charge in [0.2, 0.25) is 0 Å². The SMILES string of the molecule is CC(CC(CN)CN)c1ccc(O)c(CO)c1. The van der Waals surface area contributed by atoms with Gasteiger partial charge in [-0.25, -0.2) is 0 Å². The first-order chi connectivity index (χ1) is 8.12. The van der Waals surface area contributed by atoms with Crippen molar-refractivity contribution in [2.45, 2.75) is 25.9 Å². The van der Waals surface area contributed by atoms with E-state index in [0.29, 0.717) is 30.5 Å². The summed E-state index contributed by atoms with van der Waals surface area (Å²) in [4.78, 5) is 0. The van der Waals surface area contributed by atoms with Gasteiger partial charge in [0.15, 0.2) is 0 Å². The Hall–Kier alpha value is -1.10. The third-order valence-electron chi connectivity index (χ3n) is 3.20. The molecule has 0 aliphatic heterocycles. The Morgan fingerprint density at radius 3 is 2.41 bits per heavy atom. The molecule has 0 fully saturated rings. The summed E-state index contributed by atoms with van der Waals surface area (Å²) in [6.07, 6.45) is 0.919. The molecule has 1 aromatic carbocycles. The van der Waals surface area contributed by atoms with Crippen molar-refractivity contribution in [3.63, 3.8) is 0 Å². The number of hydrogen-bond donors (Lipinski definition) is 4. The Bertz CT molecular complexity index is 351. The summed E-state index contributed by atoms with van der Waals surface area (Å²) < 4.78 is 0. The van der Waals surface area contributed by atoms with Crippen molar-refractivity contribution in [3.8, 4) is 5.75 Å². The van der Waals surface area contributed by atoms with Gasteiger partial charge in [-0.2, -0.15) is 0 Å². The van der Waals surface area contributed by atoms with Crippen LogP contribution < -0.4 is 11.5 Å². The van der Waals surface area contributed by atoms with Gasteiger partial charge in [-0.05, 0) is 49.0 Å². The molecule has 0 aliphatic rings. The van der Waals surface area contributed by atoms with Crippen LogP contribution in [0.5, 0.6) is 5.75 Å². The molecule has 6 N–H and O–H groups in total. The van der Waals surface area contributed by atoms with Crippen LogP contribution in [-0.2, 0) is 6.61 Å². The number of phenols is 1. The molecule has 0 aromatic heterocycles. The number of aliphatic hydroxyl groups excluding tert-OH is 1. The van der Waals surface area contributed by atoms with E-state index in [9.17, 15) is 5.11 Å². The van der Waals surface area contributed by atoms with Crippen molar-refractivity contribution in [1.82, 2.24) is 0 Å². The Morgan fingerprint density at radius 1 is 1.24 bits per heavy atom. The number of rotatable bonds is 6. The maximum absolute atomic E-state index is 9.49. The maximum Gasteiger partial charge on any atom is 0.121 e. The predicted molar refractivity (Wildman–Crippen MR) is 68.7 cm³/mol. The van der Waals surface area contributed by atoms with Crippen LogP contribution in [0.3, 0.4) is 0 Å². The smallest absolute Gasteiger partial charge is 0.121 e. The van der Waals surface area contributed by atoms with Crippen molar-refractivity contribution >= 4 is 0 Å². The van der Waals surface area contributed by atoms with E-state index in [-0.39, 0.29) is 12.4 Å². The van der Waals surface area contributed by atoms with Gasteiger partial charge in [-0.15, -0.1) is 0 Å². The van der Waals surface area contributed by atoms with Gasteiger partial charge in [-0.3, -0.25) is 0 Å². The molecule has 1 rings (SSSR count). The van der Waals surface area contributed by atoms with Crippen molar-refractivity contribution in [3.05, 3.63) is 29.3 Å². The van der Waals surface area contributed by atoms with E-state index < -0.39 is 0 Å². The lowest BCUT2D eigenvalue weighted by molar-refractivity contribution is 0.275. The summed E-state index contributed by atoms with van der Waals surface area (Å²) in [6, 6.07) is 5.34. The first-order valence-electron chi connectivity index (χ1n) is 5.95. The number of aromatic hydroxyl groups is 1. The zero-order chi connectivity index (χ0) is 12.8. The molecular weight excluding hydrogens is 216 g/mol. The molecule has 96 valence electrons. The van der Waals surface area contributed by atoms with Crippen LogP contribution in [0.15, 0.2) is 18.2 Å². The lowest BCUT2D eigenvalue weighted by Gasteiger charge is -2.19. The van der Waals surface area contributed by atoms with Crippen LogP contribution >= 0.6 is 0 Å². The predicted octanol–water partition coefficient (Wildman–Crippen LogP) is 0.912. The summed E-state index contributed by atoms with van der Waals surface area (Å²) in [5.74, 6) is 0.770. The highest BCUT2D eigenvalue weighted by Crippen LogP contribution is 2.27. The molecule has 0 saturated carbocycles. The fraction of sp³-hybridized carbons (Fsp3) is 0.538. The number of nitrogens with two attached hydrogens (primary N) is 2. The van der Waals surface area contributed by atoms with Crippen molar-refractivity contribution < 1.29 is 10.2 Å². The summed E-state index contributed by atoms with van der Waals surface area (Å²) in [7, 11) is 0. The maximum atomic E-state index is 9.49. The lowest BCUT2D eigenvalue weighted by Crippen LogP contribution is -2.24. The molecule has 0 amide bonds. The van der Waals surface area contributed by atoms with Crippen LogP contribution in [0.25, 0.3) is 0 Å². The van der Waals surface area contributed by atoms with E-state index in [2.05, 4.69) is 6.92 Å². The fourth-order valence-corrected chi connectivity index (χ4v) is 1.96. The second kappa shape index (κ2) is 6.59. The highest BCUT2D eigenvalue weighted by atomic mass is 16.3. The van der Waals surface area contributed by atoms with Gasteiger partial charge in [0.1, 0.15) is 5.75 Å². The number of hydrogen-bond acceptors (Lipinski definition) is 4. The second-order valence-electron chi connectivity index (χ2n) is 4.52. The Morgan fingerprint density at radius 2 is 1.88 bits per heavy atom. The minimum Gasteiger partial charge on any atom is -0.508 e. The van der Waals surface area contributed by atoms with Gasteiger partial charge >= 0.3 is 0 Å². The molecule has 1 atom stereocenters. The van der Waals surface area contributed by atoms with E-state index in [1.165, 1.54) is 0 Å². The third kappa shape index (κ3) is 3.70. The fourth-order valence-electron chi connectivity index (χ4n) is 1.96. The van der Waals surface area contributed by atoms with Gasteiger partial charge in [-0.1, -0.05) is 13.0 Å². The highest BCUT2D eigenvalue weighted by molar-refractivity contribution is 5.36. The minimum atomic E-state index is -0.149. The Kier molecular flexibility index (Phi) is 5.41. The molecule has 17 heavy (non-hydrogen) atoms. The van der Waals surface area contributed by atoms with Gasteiger partial charge in [0, 0.05) is 5.56 Å². The molecule has 1 unspecified atom stereocenters. The normalized spacial score (nSPS) is 13.0. The molecule has 0 bridgehead atoms. The van der Waals surface area contributed by atoms with Crippen LogP contribution in [-0.4, -0.2) is 23.3 Å². The minimum absolute atomic E-state index is 0.137. The Labute approximate surface area is 102 Å². The van der Waals surface area contributed by atoms with Crippen molar-refractivity contribution in [2.24, 2.45) is 17.4 Å². The van der Waals surface area contributed by atoms with Gasteiger partial charge in [0.25, 0.3) is 0 Å². The monoisotopic (exact) mass is 238 g/mol. The first-order valence-corrected chi connectivity index (χ1v) is 5.95. The summed E-state index contributed by atoms with van der Waals surface area (Å²) in [5.41, 5.74) is 12.9. The summed E-state index contributed by atoms with van der Waals surface area (Å²) >= 11 is 0. The second-order valence-corrected chi connectivity index (χ2v) is 4.52. The van der Waals surface area contributed by atoms with E-state index in [1.807, 2.05) is 12.1 Å². The molecule has 4 nitrogen and oxygen atoms in total. The van der Waals surface area contributed by atoms with Crippen LogP contribution in [0.1, 0.15) is 30.4 Å². The van der Waals surface area contributed by atoms with E-state index in [0.717, 1.165) is 12.0 Å². The molecule has 1 aromatic rings. The molecule has 0 radical (unpaired) electrons.